The molecule has 1 heterocycles. The van der Waals surface area contributed by atoms with Gasteiger partial charge in [0.1, 0.15) is 5.76 Å². The van der Waals surface area contributed by atoms with Crippen LogP contribution in [0.5, 0.6) is 0 Å². The molecule has 21 heavy (non-hydrogen) atoms. The molecule has 0 spiro atoms. The summed E-state index contributed by atoms with van der Waals surface area (Å²) in [6.07, 6.45) is 3.72. The largest absolute Gasteiger partial charge is 0.463 e. The third kappa shape index (κ3) is 4.32. The van der Waals surface area contributed by atoms with Crippen molar-refractivity contribution >= 4 is 5.97 Å². The molecule has 1 saturated carbocycles. The van der Waals surface area contributed by atoms with Crippen molar-refractivity contribution in [1.82, 2.24) is 5.32 Å². The number of methoxy groups -OCH3 is 1. The second-order valence-electron chi connectivity index (χ2n) is 6.75. The van der Waals surface area contributed by atoms with Crippen molar-refractivity contribution in [3.8, 4) is 0 Å². The Hall–Kier alpha value is -1.33. The molecule has 0 amide bonds. The van der Waals surface area contributed by atoms with Gasteiger partial charge in [-0.2, -0.15) is 0 Å². The van der Waals surface area contributed by atoms with E-state index in [4.69, 9.17) is 4.42 Å². The number of rotatable bonds is 5. The topological polar surface area (TPSA) is 71.7 Å². The Morgan fingerprint density at radius 3 is 2.62 bits per heavy atom. The Balaban J connectivity index is 1.79. The lowest BCUT2D eigenvalue weighted by Gasteiger charge is -2.40. The van der Waals surface area contributed by atoms with Crippen LogP contribution in [0.15, 0.2) is 16.5 Å². The van der Waals surface area contributed by atoms with Crippen molar-refractivity contribution in [2.75, 3.05) is 13.7 Å². The van der Waals surface area contributed by atoms with Crippen molar-refractivity contribution in [2.45, 2.75) is 51.7 Å². The predicted molar refractivity (Wildman–Crippen MR) is 79.0 cm³/mol. The zero-order chi connectivity index (χ0) is 15.5. The molecule has 0 bridgehead atoms. The van der Waals surface area contributed by atoms with Crippen LogP contribution in [0.2, 0.25) is 0 Å². The van der Waals surface area contributed by atoms with E-state index in [1.165, 1.54) is 7.11 Å². The third-order valence-electron chi connectivity index (χ3n) is 4.34. The number of ether oxygens (including phenoxy) is 1. The average Bonchev–Trinajstić information content (AvgIpc) is 2.91. The molecule has 0 unspecified atom stereocenters. The lowest BCUT2D eigenvalue weighted by molar-refractivity contribution is -0.0247. The van der Waals surface area contributed by atoms with Gasteiger partial charge in [0, 0.05) is 6.54 Å². The number of carbonyl (C=O) groups is 1. The fourth-order valence-corrected chi connectivity index (χ4v) is 2.67. The summed E-state index contributed by atoms with van der Waals surface area (Å²) in [5, 5.41) is 13.8. The van der Waals surface area contributed by atoms with Gasteiger partial charge in [0.25, 0.3) is 0 Å². The number of aliphatic hydroxyl groups is 1. The molecule has 5 heteroatoms. The maximum atomic E-state index is 11.3. The first-order valence-electron chi connectivity index (χ1n) is 7.44. The molecule has 1 aromatic rings. The van der Waals surface area contributed by atoms with E-state index >= 15 is 0 Å². The second-order valence-corrected chi connectivity index (χ2v) is 6.75. The van der Waals surface area contributed by atoms with Gasteiger partial charge in [-0.3, -0.25) is 0 Å². The van der Waals surface area contributed by atoms with Crippen LogP contribution in [0.1, 0.15) is 55.8 Å². The van der Waals surface area contributed by atoms with Crippen LogP contribution in [0.25, 0.3) is 0 Å². The van der Waals surface area contributed by atoms with Crippen molar-refractivity contribution in [1.29, 1.82) is 0 Å². The molecule has 2 N–H and O–H groups in total. The van der Waals surface area contributed by atoms with E-state index in [-0.39, 0.29) is 5.76 Å². The second kappa shape index (κ2) is 6.20. The number of nitrogens with one attached hydrogen (secondary N) is 1. The Labute approximate surface area is 125 Å². The summed E-state index contributed by atoms with van der Waals surface area (Å²) >= 11 is 0. The van der Waals surface area contributed by atoms with E-state index in [0.717, 1.165) is 25.7 Å². The smallest absolute Gasteiger partial charge is 0.373 e. The van der Waals surface area contributed by atoms with Gasteiger partial charge in [0.2, 0.25) is 5.76 Å². The highest BCUT2D eigenvalue weighted by atomic mass is 16.5. The van der Waals surface area contributed by atoms with E-state index < -0.39 is 11.6 Å². The van der Waals surface area contributed by atoms with Crippen molar-refractivity contribution in [3.05, 3.63) is 23.7 Å². The van der Waals surface area contributed by atoms with E-state index in [9.17, 15) is 9.90 Å². The van der Waals surface area contributed by atoms with Gasteiger partial charge in [-0.15, -0.1) is 0 Å². The third-order valence-corrected chi connectivity index (χ3v) is 4.34. The van der Waals surface area contributed by atoms with Crippen molar-refractivity contribution in [2.24, 2.45) is 5.41 Å². The Bertz CT molecular complexity index is 482. The van der Waals surface area contributed by atoms with E-state index in [0.29, 0.717) is 24.3 Å². The molecule has 1 aliphatic carbocycles. The quantitative estimate of drug-likeness (QED) is 0.817. The van der Waals surface area contributed by atoms with Gasteiger partial charge >= 0.3 is 5.97 Å². The standard InChI is InChI=1S/C16H25NO4/c1-15(2)6-8-16(19,9-7-15)11-17-10-12-4-5-13(21-12)14(18)20-3/h4-5,17,19H,6-11H2,1-3H3. The maximum Gasteiger partial charge on any atom is 0.373 e. The molecule has 1 aliphatic rings. The van der Waals surface area contributed by atoms with Crippen LogP contribution in [-0.4, -0.2) is 30.3 Å². The lowest BCUT2D eigenvalue weighted by atomic mass is 9.71. The maximum absolute atomic E-state index is 11.3. The molecule has 0 radical (unpaired) electrons. The van der Waals surface area contributed by atoms with Gasteiger partial charge in [0.05, 0.1) is 19.3 Å². The first kappa shape index (κ1) is 16.0. The van der Waals surface area contributed by atoms with Crippen molar-refractivity contribution in [3.63, 3.8) is 0 Å². The number of hydrogen-bond donors (Lipinski definition) is 2. The predicted octanol–water partition coefficient (Wildman–Crippen LogP) is 2.49. The first-order chi connectivity index (χ1) is 9.84. The van der Waals surface area contributed by atoms with Gasteiger partial charge in [-0.05, 0) is 43.2 Å². The van der Waals surface area contributed by atoms with Gasteiger partial charge < -0.3 is 19.6 Å². The van der Waals surface area contributed by atoms with Gasteiger partial charge in [-0.1, -0.05) is 13.8 Å². The van der Waals surface area contributed by atoms with Crippen LogP contribution in [-0.2, 0) is 11.3 Å². The van der Waals surface area contributed by atoms with Gasteiger partial charge in [0.15, 0.2) is 0 Å². The number of carbonyl (C=O) groups excluding carboxylic acids is 1. The van der Waals surface area contributed by atoms with E-state index in [1.807, 2.05) is 0 Å². The van der Waals surface area contributed by atoms with Crippen LogP contribution in [0, 0.1) is 5.41 Å². The lowest BCUT2D eigenvalue weighted by Crippen LogP contribution is -2.44. The Kier molecular flexibility index (Phi) is 4.74. The minimum absolute atomic E-state index is 0.201. The average molecular weight is 295 g/mol. The minimum Gasteiger partial charge on any atom is -0.463 e. The molecular formula is C16H25NO4. The summed E-state index contributed by atoms with van der Waals surface area (Å²) < 4.78 is 9.96. The highest BCUT2D eigenvalue weighted by Crippen LogP contribution is 2.39. The van der Waals surface area contributed by atoms with Crippen molar-refractivity contribution < 1.29 is 19.1 Å². The Morgan fingerprint density at radius 2 is 2.00 bits per heavy atom. The molecule has 0 atom stereocenters. The molecule has 2 rings (SSSR count). The van der Waals surface area contributed by atoms with Crippen LogP contribution < -0.4 is 5.32 Å². The van der Waals surface area contributed by atoms with Crippen LogP contribution >= 0.6 is 0 Å². The monoisotopic (exact) mass is 295 g/mol. The molecule has 5 nitrogen and oxygen atoms in total. The van der Waals surface area contributed by atoms with Crippen LogP contribution in [0.3, 0.4) is 0 Å². The molecule has 0 saturated heterocycles. The molecule has 118 valence electrons. The molecule has 0 aromatic carbocycles. The Morgan fingerprint density at radius 1 is 1.33 bits per heavy atom. The van der Waals surface area contributed by atoms with Gasteiger partial charge in [-0.25, -0.2) is 4.79 Å². The highest BCUT2D eigenvalue weighted by Gasteiger charge is 2.36. The van der Waals surface area contributed by atoms with Crippen LogP contribution in [0.4, 0.5) is 0 Å². The summed E-state index contributed by atoms with van der Waals surface area (Å²) in [6, 6.07) is 3.34. The zero-order valence-corrected chi connectivity index (χ0v) is 13.1. The number of furan rings is 1. The number of esters is 1. The fraction of sp³-hybridized carbons (Fsp3) is 0.688. The SMILES string of the molecule is COC(=O)c1ccc(CNCC2(O)CCC(C)(C)CC2)o1. The minimum atomic E-state index is -0.632. The summed E-state index contributed by atoms with van der Waals surface area (Å²) in [5.74, 6) is 0.386. The zero-order valence-electron chi connectivity index (χ0n) is 13.1. The summed E-state index contributed by atoms with van der Waals surface area (Å²) in [5.41, 5.74) is -0.296. The molecule has 1 aromatic heterocycles. The van der Waals surface area contributed by atoms with E-state index in [1.54, 1.807) is 12.1 Å². The molecule has 1 fully saturated rings. The van der Waals surface area contributed by atoms with E-state index in [2.05, 4.69) is 23.9 Å². The summed E-state index contributed by atoms with van der Waals surface area (Å²) in [4.78, 5) is 11.3. The summed E-state index contributed by atoms with van der Waals surface area (Å²) in [6.45, 7) is 5.52. The molecular weight excluding hydrogens is 270 g/mol. The fourth-order valence-electron chi connectivity index (χ4n) is 2.67. The first-order valence-corrected chi connectivity index (χ1v) is 7.44. The summed E-state index contributed by atoms with van der Waals surface area (Å²) in [7, 11) is 1.32. The number of hydrogen-bond acceptors (Lipinski definition) is 5. The highest BCUT2D eigenvalue weighted by molar-refractivity contribution is 5.86. The molecule has 0 aliphatic heterocycles. The normalized spacial score (nSPS) is 20.2.